The van der Waals surface area contributed by atoms with Crippen molar-refractivity contribution in [1.29, 1.82) is 0 Å². The summed E-state index contributed by atoms with van der Waals surface area (Å²) in [5.41, 5.74) is 0.936. The van der Waals surface area contributed by atoms with Crippen LogP contribution in [0.2, 0.25) is 0 Å². The van der Waals surface area contributed by atoms with Gasteiger partial charge in [0.05, 0.1) is 24.8 Å². The summed E-state index contributed by atoms with van der Waals surface area (Å²) in [4.78, 5) is 28.6. The number of para-hydroxylation sites is 2. The van der Waals surface area contributed by atoms with Crippen molar-refractivity contribution in [2.24, 2.45) is 0 Å². The lowest BCUT2D eigenvalue weighted by atomic mass is 10.1. The summed E-state index contributed by atoms with van der Waals surface area (Å²) >= 11 is 0. The van der Waals surface area contributed by atoms with Crippen molar-refractivity contribution in [3.8, 4) is 11.5 Å². The lowest BCUT2D eigenvalue weighted by Crippen LogP contribution is -2.52. The average molecular weight is 568 g/mol. The topological polar surface area (TPSA) is 105 Å². The van der Waals surface area contributed by atoms with E-state index in [9.17, 15) is 18.0 Å². The second kappa shape index (κ2) is 13.8. The summed E-state index contributed by atoms with van der Waals surface area (Å²) < 4.78 is 39.6. The lowest BCUT2D eigenvalue weighted by molar-refractivity contribution is -0.139. The first-order chi connectivity index (χ1) is 19.1. The number of anilines is 1. The Bertz CT molecular complexity index is 1400. The van der Waals surface area contributed by atoms with Crippen molar-refractivity contribution in [2.75, 3.05) is 25.1 Å². The van der Waals surface area contributed by atoms with Gasteiger partial charge in [0.25, 0.3) is 10.0 Å². The van der Waals surface area contributed by atoms with Gasteiger partial charge in [0.1, 0.15) is 24.1 Å². The number of methoxy groups -OCH3 is 2. The third-order valence-electron chi connectivity index (χ3n) is 6.62. The van der Waals surface area contributed by atoms with Crippen LogP contribution in [0.3, 0.4) is 0 Å². The van der Waals surface area contributed by atoms with Crippen LogP contribution in [0.4, 0.5) is 5.69 Å². The monoisotopic (exact) mass is 567 g/mol. The van der Waals surface area contributed by atoms with Gasteiger partial charge in [-0.25, -0.2) is 8.42 Å². The molecule has 0 saturated heterocycles. The Morgan fingerprint density at radius 1 is 0.900 bits per heavy atom. The van der Waals surface area contributed by atoms with Crippen LogP contribution in [0.1, 0.15) is 32.8 Å². The van der Waals surface area contributed by atoms with Gasteiger partial charge < -0.3 is 19.7 Å². The van der Waals surface area contributed by atoms with E-state index in [0.717, 1.165) is 16.3 Å². The summed E-state index contributed by atoms with van der Waals surface area (Å²) in [6.45, 7) is 4.98. The highest BCUT2D eigenvalue weighted by Gasteiger charge is 2.33. The van der Waals surface area contributed by atoms with Gasteiger partial charge in [-0.1, -0.05) is 49.4 Å². The molecule has 2 atom stereocenters. The SMILES string of the molecule is CC[C@H](C)NC(=O)[C@H](C)N(Cc1cccc(OC)c1)C(=O)CN(c1ccccc1OC)S(=O)(=O)c1ccccc1. The van der Waals surface area contributed by atoms with Gasteiger partial charge in [-0.05, 0) is 62.2 Å². The quantitative estimate of drug-likeness (QED) is 0.332. The Morgan fingerprint density at radius 3 is 2.23 bits per heavy atom. The molecule has 10 heteroatoms. The summed E-state index contributed by atoms with van der Waals surface area (Å²) in [6, 6.07) is 20.7. The van der Waals surface area contributed by atoms with Gasteiger partial charge in [-0.15, -0.1) is 0 Å². The minimum Gasteiger partial charge on any atom is -0.497 e. The van der Waals surface area contributed by atoms with E-state index in [1.165, 1.54) is 24.1 Å². The molecule has 0 saturated carbocycles. The first-order valence-corrected chi connectivity index (χ1v) is 14.5. The van der Waals surface area contributed by atoms with E-state index in [1.54, 1.807) is 74.7 Å². The number of nitrogens with one attached hydrogen (secondary N) is 1. The minimum atomic E-state index is -4.18. The Morgan fingerprint density at radius 2 is 1.57 bits per heavy atom. The Kier molecular flexibility index (Phi) is 10.6. The number of benzene rings is 3. The van der Waals surface area contributed by atoms with Crippen LogP contribution < -0.4 is 19.1 Å². The van der Waals surface area contributed by atoms with Crippen molar-refractivity contribution < 1.29 is 27.5 Å². The van der Waals surface area contributed by atoms with Crippen molar-refractivity contribution >= 4 is 27.5 Å². The molecule has 0 aromatic heterocycles. The maximum Gasteiger partial charge on any atom is 0.264 e. The molecule has 9 nitrogen and oxygen atoms in total. The molecule has 2 amide bonds. The summed E-state index contributed by atoms with van der Waals surface area (Å²) in [6.07, 6.45) is 0.721. The van der Waals surface area contributed by atoms with E-state index < -0.39 is 28.5 Å². The fourth-order valence-electron chi connectivity index (χ4n) is 4.08. The van der Waals surface area contributed by atoms with Crippen LogP contribution in [0.25, 0.3) is 0 Å². The molecule has 0 heterocycles. The van der Waals surface area contributed by atoms with E-state index in [2.05, 4.69) is 5.32 Å². The van der Waals surface area contributed by atoms with Crippen LogP contribution in [0.15, 0.2) is 83.8 Å². The number of nitrogens with zero attached hydrogens (tertiary/aromatic N) is 2. The Hall–Kier alpha value is -4.05. The van der Waals surface area contributed by atoms with E-state index in [1.807, 2.05) is 19.9 Å². The Balaban J connectivity index is 2.06. The highest BCUT2D eigenvalue weighted by molar-refractivity contribution is 7.92. The van der Waals surface area contributed by atoms with Crippen molar-refractivity contribution in [3.63, 3.8) is 0 Å². The number of hydrogen-bond acceptors (Lipinski definition) is 6. The number of amides is 2. The van der Waals surface area contributed by atoms with Crippen LogP contribution in [0, 0.1) is 0 Å². The number of carbonyl (C=O) groups is 2. The van der Waals surface area contributed by atoms with E-state index in [-0.39, 0.29) is 34.8 Å². The highest BCUT2D eigenvalue weighted by atomic mass is 32.2. The second-order valence-corrected chi connectivity index (χ2v) is 11.2. The molecule has 0 fully saturated rings. The van der Waals surface area contributed by atoms with Crippen molar-refractivity contribution in [3.05, 3.63) is 84.4 Å². The molecule has 40 heavy (non-hydrogen) atoms. The third kappa shape index (κ3) is 7.32. The number of sulfonamides is 1. The second-order valence-electron chi connectivity index (χ2n) is 9.36. The number of hydrogen-bond donors (Lipinski definition) is 1. The predicted molar refractivity (Wildman–Crippen MR) is 155 cm³/mol. The van der Waals surface area contributed by atoms with Gasteiger partial charge in [-0.3, -0.25) is 13.9 Å². The summed E-state index contributed by atoms with van der Waals surface area (Å²) in [5, 5.41) is 2.92. The third-order valence-corrected chi connectivity index (χ3v) is 8.39. The average Bonchev–Trinajstić information content (AvgIpc) is 2.98. The van der Waals surface area contributed by atoms with E-state index >= 15 is 0 Å². The van der Waals surface area contributed by atoms with Gasteiger partial charge in [0, 0.05) is 12.6 Å². The standard InChI is InChI=1S/C30H37N3O6S/c1-6-22(2)31-30(35)23(3)32(20-24-13-12-14-25(19-24)38-4)29(34)21-33(27-17-10-11-18-28(27)39-5)40(36,37)26-15-8-7-9-16-26/h7-19,22-23H,6,20-21H2,1-5H3,(H,31,35)/t22-,23-/m0/s1. The zero-order valence-corrected chi connectivity index (χ0v) is 24.4. The largest absolute Gasteiger partial charge is 0.497 e. The Labute approximate surface area is 236 Å². The van der Waals surface area contributed by atoms with Gasteiger partial charge in [0.15, 0.2) is 0 Å². The van der Waals surface area contributed by atoms with Gasteiger partial charge >= 0.3 is 0 Å². The molecule has 3 rings (SSSR count). The van der Waals surface area contributed by atoms with Crippen LogP contribution in [-0.4, -0.2) is 58.0 Å². The molecule has 1 N–H and O–H groups in total. The zero-order chi connectivity index (χ0) is 29.3. The lowest BCUT2D eigenvalue weighted by Gasteiger charge is -2.32. The number of rotatable bonds is 13. The molecule has 0 unspecified atom stereocenters. The maximum absolute atomic E-state index is 14.0. The number of carbonyl (C=O) groups excluding carboxylic acids is 2. The highest BCUT2D eigenvalue weighted by Crippen LogP contribution is 2.32. The molecule has 0 aliphatic heterocycles. The fourth-order valence-corrected chi connectivity index (χ4v) is 5.53. The molecule has 0 bridgehead atoms. The van der Waals surface area contributed by atoms with Crippen LogP contribution in [0.5, 0.6) is 11.5 Å². The zero-order valence-electron chi connectivity index (χ0n) is 23.5. The van der Waals surface area contributed by atoms with Gasteiger partial charge in [-0.2, -0.15) is 0 Å². The van der Waals surface area contributed by atoms with Crippen molar-refractivity contribution in [2.45, 2.75) is 50.7 Å². The first kappa shape index (κ1) is 30.5. The molecular formula is C30H37N3O6S. The molecule has 214 valence electrons. The molecule has 3 aromatic rings. The van der Waals surface area contributed by atoms with E-state index in [0.29, 0.717) is 5.75 Å². The molecule has 3 aromatic carbocycles. The van der Waals surface area contributed by atoms with Crippen LogP contribution >= 0.6 is 0 Å². The molecule has 0 aliphatic carbocycles. The molecule has 0 radical (unpaired) electrons. The van der Waals surface area contributed by atoms with Crippen LogP contribution in [-0.2, 0) is 26.2 Å². The smallest absolute Gasteiger partial charge is 0.264 e. The maximum atomic E-state index is 14.0. The van der Waals surface area contributed by atoms with E-state index in [4.69, 9.17) is 9.47 Å². The molecular weight excluding hydrogens is 530 g/mol. The summed E-state index contributed by atoms with van der Waals surface area (Å²) in [5.74, 6) is 0.000939. The molecule has 0 spiro atoms. The van der Waals surface area contributed by atoms with Crippen molar-refractivity contribution in [1.82, 2.24) is 10.2 Å². The first-order valence-electron chi connectivity index (χ1n) is 13.1. The van der Waals surface area contributed by atoms with Gasteiger partial charge in [0.2, 0.25) is 11.8 Å². The minimum absolute atomic E-state index is 0.0237. The summed E-state index contributed by atoms with van der Waals surface area (Å²) in [7, 11) is -1.20. The number of ether oxygens (including phenoxy) is 2. The molecule has 0 aliphatic rings. The fraction of sp³-hybridized carbons (Fsp3) is 0.333. The predicted octanol–water partition coefficient (Wildman–Crippen LogP) is 4.23. The normalized spacial score (nSPS) is 12.6.